The fraction of sp³-hybridized carbons (Fsp3) is 0.600. The molecular formula is C15H22N2O2. The number of nitrogens with one attached hydrogen (secondary N) is 1. The summed E-state index contributed by atoms with van der Waals surface area (Å²) in [6.45, 7) is 4.16. The van der Waals surface area contributed by atoms with E-state index in [-0.39, 0.29) is 11.9 Å². The van der Waals surface area contributed by atoms with Gasteiger partial charge in [-0.15, -0.1) is 0 Å². The van der Waals surface area contributed by atoms with Gasteiger partial charge in [0.15, 0.2) is 0 Å². The van der Waals surface area contributed by atoms with E-state index in [2.05, 4.69) is 24.1 Å². The predicted molar refractivity (Wildman–Crippen MR) is 75.1 cm³/mol. The van der Waals surface area contributed by atoms with Crippen molar-refractivity contribution in [2.75, 3.05) is 12.4 Å². The number of methoxy groups -OCH3 is 1. The topological polar surface area (TPSA) is 51.2 Å². The number of rotatable bonds is 6. The number of esters is 1. The molecule has 1 N–H and O–H groups in total. The number of anilines is 1. The standard InChI is InChI=1S/C15H22N2O2/c1-10(2)17-12-6-7-14(16-9-12)13(15(18)19-3)8-11-4-5-11/h6-7,9-11,13,17H,4-5,8H2,1-3H3. The van der Waals surface area contributed by atoms with Crippen molar-refractivity contribution in [1.29, 1.82) is 0 Å². The summed E-state index contributed by atoms with van der Waals surface area (Å²) in [4.78, 5) is 16.3. The van der Waals surface area contributed by atoms with Crippen LogP contribution < -0.4 is 5.32 Å². The van der Waals surface area contributed by atoms with E-state index in [0.29, 0.717) is 12.0 Å². The van der Waals surface area contributed by atoms with Crippen LogP contribution in [-0.2, 0) is 9.53 Å². The van der Waals surface area contributed by atoms with E-state index in [4.69, 9.17) is 4.74 Å². The van der Waals surface area contributed by atoms with Crippen LogP contribution in [0.2, 0.25) is 0 Å². The van der Waals surface area contributed by atoms with Crippen LogP contribution in [0.15, 0.2) is 18.3 Å². The first-order valence-electron chi connectivity index (χ1n) is 6.90. The van der Waals surface area contributed by atoms with Crippen LogP contribution in [0.1, 0.15) is 44.7 Å². The second kappa shape index (κ2) is 6.04. The molecule has 4 heteroatoms. The zero-order valence-electron chi connectivity index (χ0n) is 11.8. The zero-order chi connectivity index (χ0) is 13.8. The van der Waals surface area contributed by atoms with Gasteiger partial charge in [0.05, 0.1) is 30.6 Å². The molecule has 1 aromatic rings. The molecule has 0 amide bonds. The normalized spacial score (nSPS) is 16.2. The van der Waals surface area contributed by atoms with Crippen LogP contribution in [0.4, 0.5) is 5.69 Å². The lowest BCUT2D eigenvalue weighted by molar-refractivity contribution is -0.142. The lowest BCUT2D eigenvalue weighted by Crippen LogP contribution is -2.17. The SMILES string of the molecule is COC(=O)C(CC1CC1)c1ccc(NC(C)C)cn1. The Bertz CT molecular complexity index is 424. The molecule has 0 aliphatic heterocycles. The average Bonchev–Trinajstić information content (AvgIpc) is 3.19. The first kappa shape index (κ1) is 13.8. The molecule has 2 rings (SSSR count). The van der Waals surface area contributed by atoms with Gasteiger partial charge >= 0.3 is 5.97 Å². The molecule has 1 aliphatic carbocycles. The highest BCUT2D eigenvalue weighted by Gasteiger charge is 2.31. The number of hydrogen-bond acceptors (Lipinski definition) is 4. The first-order chi connectivity index (χ1) is 9.10. The van der Waals surface area contributed by atoms with Gasteiger partial charge in [-0.3, -0.25) is 9.78 Å². The Labute approximate surface area is 114 Å². The Morgan fingerprint density at radius 1 is 1.47 bits per heavy atom. The van der Waals surface area contributed by atoms with Gasteiger partial charge in [0.2, 0.25) is 0 Å². The Hall–Kier alpha value is -1.58. The van der Waals surface area contributed by atoms with Crippen molar-refractivity contribution in [2.45, 2.75) is 45.1 Å². The molecule has 1 atom stereocenters. The number of nitrogens with zero attached hydrogens (tertiary/aromatic N) is 1. The molecule has 104 valence electrons. The third kappa shape index (κ3) is 3.94. The molecule has 1 fully saturated rings. The maximum Gasteiger partial charge on any atom is 0.314 e. The highest BCUT2D eigenvalue weighted by Crippen LogP contribution is 2.38. The summed E-state index contributed by atoms with van der Waals surface area (Å²) < 4.78 is 4.90. The molecule has 0 radical (unpaired) electrons. The third-order valence-corrected chi connectivity index (χ3v) is 3.35. The number of carbonyl (C=O) groups excluding carboxylic acids is 1. The van der Waals surface area contributed by atoms with E-state index in [0.717, 1.165) is 17.8 Å². The molecule has 0 aromatic carbocycles. The third-order valence-electron chi connectivity index (χ3n) is 3.35. The summed E-state index contributed by atoms with van der Waals surface area (Å²) in [5, 5.41) is 3.29. The molecule has 1 unspecified atom stereocenters. The highest BCUT2D eigenvalue weighted by atomic mass is 16.5. The van der Waals surface area contributed by atoms with Gasteiger partial charge < -0.3 is 10.1 Å². The lowest BCUT2D eigenvalue weighted by atomic mass is 9.98. The molecule has 0 spiro atoms. The van der Waals surface area contributed by atoms with Gasteiger partial charge in [0, 0.05) is 6.04 Å². The van der Waals surface area contributed by atoms with E-state index in [9.17, 15) is 4.79 Å². The van der Waals surface area contributed by atoms with Crippen molar-refractivity contribution in [3.05, 3.63) is 24.0 Å². The maximum absolute atomic E-state index is 11.9. The quantitative estimate of drug-likeness (QED) is 0.801. The largest absolute Gasteiger partial charge is 0.469 e. The molecule has 19 heavy (non-hydrogen) atoms. The lowest BCUT2D eigenvalue weighted by Gasteiger charge is -2.15. The Morgan fingerprint density at radius 3 is 2.68 bits per heavy atom. The highest BCUT2D eigenvalue weighted by molar-refractivity contribution is 5.77. The number of aromatic nitrogens is 1. The summed E-state index contributed by atoms with van der Waals surface area (Å²) >= 11 is 0. The number of hydrogen-bond donors (Lipinski definition) is 1. The fourth-order valence-corrected chi connectivity index (χ4v) is 2.20. The van der Waals surface area contributed by atoms with Crippen molar-refractivity contribution in [1.82, 2.24) is 4.98 Å². The van der Waals surface area contributed by atoms with Crippen LogP contribution in [0.5, 0.6) is 0 Å². The summed E-state index contributed by atoms with van der Waals surface area (Å²) in [6, 6.07) is 4.27. The predicted octanol–water partition coefficient (Wildman–Crippen LogP) is 2.96. The van der Waals surface area contributed by atoms with E-state index in [1.54, 1.807) is 6.20 Å². The first-order valence-corrected chi connectivity index (χ1v) is 6.90. The molecule has 0 saturated heterocycles. The van der Waals surface area contributed by atoms with E-state index < -0.39 is 0 Å². The van der Waals surface area contributed by atoms with Crippen molar-refractivity contribution in [2.24, 2.45) is 5.92 Å². The summed E-state index contributed by atoms with van der Waals surface area (Å²) in [5.41, 5.74) is 1.79. The Balaban J connectivity index is 2.09. The van der Waals surface area contributed by atoms with Crippen molar-refractivity contribution < 1.29 is 9.53 Å². The monoisotopic (exact) mass is 262 g/mol. The molecular weight excluding hydrogens is 240 g/mol. The Kier molecular flexibility index (Phi) is 4.40. The van der Waals surface area contributed by atoms with Gasteiger partial charge in [-0.25, -0.2) is 0 Å². The molecule has 1 aromatic heterocycles. The number of ether oxygens (including phenoxy) is 1. The number of carbonyl (C=O) groups is 1. The molecule has 1 heterocycles. The minimum Gasteiger partial charge on any atom is -0.469 e. The van der Waals surface area contributed by atoms with Gasteiger partial charge in [0.25, 0.3) is 0 Å². The minimum atomic E-state index is -0.217. The number of pyridine rings is 1. The molecule has 4 nitrogen and oxygen atoms in total. The van der Waals surface area contributed by atoms with Crippen molar-refractivity contribution in [3.8, 4) is 0 Å². The van der Waals surface area contributed by atoms with Crippen molar-refractivity contribution >= 4 is 11.7 Å². The second-order valence-corrected chi connectivity index (χ2v) is 5.53. The molecule has 0 bridgehead atoms. The summed E-state index contributed by atoms with van der Waals surface area (Å²) in [6.07, 6.45) is 5.09. The van der Waals surface area contributed by atoms with E-state index in [1.807, 2.05) is 12.1 Å². The average molecular weight is 262 g/mol. The summed E-state index contributed by atoms with van der Waals surface area (Å²) in [7, 11) is 1.44. The zero-order valence-corrected chi connectivity index (χ0v) is 11.8. The smallest absolute Gasteiger partial charge is 0.314 e. The van der Waals surface area contributed by atoms with E-state index in [1.165, 1.54) is 20.0 Å². The maximum atomic E-state index is 11.9. The molecule has 1 saturated carbocycles. The fourth-order valence-electron chi connectivity index (χ4n) is 2.20. The summed E-state index contributed by atoms with van der Waals surface area (Å²) in [5.74, 6) is 0.272. The van der Waals surface area contributed by atoms with Crippen LogP contribution in [0, 0.1) is 5.92 Å². The van der Waals surface area contributed by atoms with Crippen LogP contribution >= 0.6 is 0 Å². The van der Waals surface area contributed by atoms with Gasteiger partial charge in [-0.1, -0.05) is 12.8 Å². The van der Waals surface area contributed by atoms with E-state index >= 15 is 0 Å². The van der Waals surface area contributed by atoms with Crippen LogP contribution in [0.25, 0.3) is 0 Å². The van der Waals surface area contributed by atoms with Gasteiger partial charge in [-0.2, -0.15) is 0 Å². The van der Waals surface area contributed by atoms with Gasteiger partial charge in [-0.05, 0) is 38.3 Å². The van der Waals surface area contributed by atoms with Crippen LogP contribution in [0.3, 0.4) is 0 Å². The minimum absolute atomic E-state index is 0.177. The molecule has 1 aliphatic rings. The van der Waals surface area contributed by atoms with Crippen molar-refractivity contribution in [3.63, 3.8) is 0 Å². The van der Waals surface area contributed by atoms with Crippen LogP contribution in [-0.4, -0.2) is 24.1 Å². The second-order valence-electron chi connectivity index (χ2n) is 5.53. The van der Waals surface area contributed by atoms with Gasteiger partial charge in [0.1, 0.15) is 0 Å². The Morgan fingerprint density at radius 2 is 2.21 bits per heavy atom.